The summed E-state index contributed by atoms with van der Waals surface area (Å²) in [6.07, 6.45) is 6.58. The summed E-state index contributed by atoms with van der Waals surface area (Å²) in [6.45, 7) is 2.26. The molecule has 3 heteroatoms. The zero-order chi connectivity index (χ0) is 7.61. The average molecular weight is 243 g/mol. The summed E-state index contributed by atoms with van der Waals surface area (Å²) >= 11 is -1.48. The summed E-state index contributed by atoms with van der Waals surface area (Å²) in [4.78, 5) is 0. The van der Waals surface area contributed by atoms with Crippen molar-refractivity contribution >= 4 is 32.7 Å². The predicted molar refractivity (Wildman–Crippen MR) is 48.9 cm³/mol. The fourth-order valence-corrected chi connectivity index (χ4v) is 4.61. The van der Waals surface area contributed by atoms with Crippen molar-refractivity contribution in [3.05, 3.63) is 0 Å². The van der Waals surface area contributed by atoms with Crippen LogP contribution in [0, 0.1) is 0 Å². The van der Waals surface area contributed by atoms with E-state index >= 15 is 0 Å². The van der Waals surface area contributed by atoms with Crippen molar-refractivity contribution in [3.63, 3.8) is 0 Å². The molecular weight excluding hydrogens is 230 g/mol. The first kappa shape index (κ1) is 9.23. The molecule has 1 rings (SSSR count). The quantitative estimate of drug-likeness (QED) is 0.616. The summed E-state index contributed by atoms with van der Waals surface area (Å²) in [6, 6.07) is 0. The second-order valence-corrected chi connectivity index (χ2v) is 10.9. The summed E-state index contributed by atoms with van der Waals surface area (Å²) in [5.74, 6) is 0. The maximum absolute atomic E-state index is 6.01. The van der Waals surface area contributed by atoms with Gasteiger partial charge in [0.25, 0.3) is 0 Å². The maximum atomic E-state index is 6.01. The Morgan fingerprint density at radius 3 is 1.90 bits per heavy atom. The van der Waals surface area contributed by atoms with E-state index in [9.17, 15) is 0 Å². The van der Waals surface area contributed by atoms with Crippen molar-refractivity contribution in [2.24, 2.45) is 0 Å². The molecule has 0 radical (unpaired) electrons. The Balaban J connectivity index is 2.48. The second-order valence-electron chi connectivity index (χ2n) is 3.29. The van der Waals surface area contributed by atoms with E-state index in [4.69, 9.17) is 19.9 Å². The zero-order valence-corrected chi connectivity index (χ0v) is 9.63. The molecule has 0 aliphatic heterocycles. The molecule has 0 aromatic heterocycles. The van der Waals surface area contributed by atoms with Crippen LogP contribution in [0.3, 0.4) is 0 Å². The Labute approximate surface area is 75.9 Å². The SMILES string of the molecule is CC1([As](Cl)Cl)CCCCC1. The van der Waals surface area contributed by atoms with E-state index in [0.717, 1.165) is 0 Å². The van der Waals surface area contributed by atoms with Crippen LogP contribution in [0.15, 0.2) is 0 Å². The van der Waals surface area contributed by atoms with Gasteiger partial charge in [-0.05, 0) is 0 Å². The van der Waals surface area contributed by atoms with Gasteiger partial charge in [-0.3, -0.25) is 0 Å². The van der Waals surface area contributed by atoms with Crippen molar-refractivity contribution in [2.75, 3.05) is 0 Å². The van der Waals surface area contributed by atoms with Crippen LogP contribution < -0.4 is 0 Å². The minimum atomic E-state index is -1.48. The number of halogens is 2. The summed E-state index contributed by atoms with van der Waals surface area (Å²) in [5.41, 5.74) is 0. The van der Waals surface area contributed by atoms with Gasteiger partial charge in [0.05, 0.1) is 0 Å². The molecule has 0 N–H and O–H groups in total. The van der Waals surface area contributed by atoms with Gasteiger partial charge < -0.3 is 0 Å². The van der Waals surface area contributed by atoms with Crippen LogP contribution in [0.4, 0.5) is 0 Å². The van der Waals surface area contributed by atoms with Crippen molar-refractivity contribution < 1.29 is 0 Å². The third-order valence-corrected chi connectivity index (χ3v) is 9.23. The fourth-order valence-electron chi connectivity index (χ4n) is 1.48. The van der Waals surface area contributed by atoms with Crippen LogP contribution in [0.2, 0.25) is 4.20 Å². The molecular formula is C7H13AsCl2. The third kappa shape index (κ3) is 2.06. The first-order valence-electron chi connectivity index (χ1n) is 3.77. The van der Waals surface area contributed by atoms with Gasteiger partial charge in [0.2, 0.25) is 0 Å². The van der Waals surface area contributed by atoms with Crippen LogP contribution in [0.25, 0.3) is 0 Å². The molecule has 0 nitrogen and oxygen atoms in total. The van der Waals surface area contributed by atoms with E-state index < -0.39 is 12.8 Å². The monoisotopic (exact) mass is 242 g/mol. The first-order valence-corrected chi connectivity index (χ1v) is 9.64. The van der Waals surface area contributed by atoms with Gasteiger partial charge in [0, 0.05) is 0 Å². The molecule has 1 aliphatic rings. The van der Waals surface area contributed by atoms with Crippen molar-refractivity contribution in [1.29, 1.82) is 0 Å². The third-order valence-electron chi connectivity index (χ3n) is 2.34. The van der Waals surface area contributed by atoms with E-state index in [0.29, 0.717) is 4.20 Å². The number of hydrogen-bond donors (Lipinski definition) is 0. The Morgan fingerprint density at radius 2 is 1.60 bits per heavy atom. The molecule has 0 atom stereocenters. The van der Waals surface area contributed by atoms with Crippen molar-refractivity contribution in [1.82, 2.24) is 0 Å². The van der Waals surface area contributed by atoms with Crippen LogP contribution in [-0.4, -0.2) is 12.8 Å². The molecule has 1 saturated carbocycles. The average Bonchev–Trinajstić information content (AvgIpc) is 1.89. The van der Waals surface area contributed by atoms with Gasteiger partial charge in [0.15, 0.2) is 0 Å². The molecule has 0 unspecified atom stereocenters. The summed E-state index contributed by atoms with van der Waals surface area (Å²) in [5, 5.41) is 0. The normalized spacial score (nSPS) is 25.2. The topological polar surface area (TPSA) is 0 Å². The van der Waals surface area contributed by atoms with E-state index in [1.165, 1.54) is 32.1 Å². The molecule has 0 aromatic rings. The standard InChI is InChI=1S/C7H13AsCl2/c1-7(8(9)10)5-3-2-4-6-7/h2-6H2,1H3. The van der Waals surface area contributed by atoms with Gasteiger partial charge in [-0.15, -0.1) is 0 Å². The molecule has 0 spiro atoms. The van der Waals surface area contributed by atoms with Crippen LogP contribution >= 0.6 is 19.9 Å². The van der Waals surface area contributed by atoms with Gasteiger partial charge in [-0.25, -0.2) is 0 Å². The van der Waals surface area contributed by atoms with E-state index in [1.54, 1.807) is 0 Å². The Bertz CT molecular complexity index is 108. The van der Waals surface area contributed by atoms with Crippen LogP contribution in [0.5, 0.6) is 0 Å². The minimum absolute atomic E-state index is 0.356. The molecule has 0 amide bonds. The molecule has 0 heterocycles. The Morgan fingerprint density at radius 1 is 1.10 bits per heavy atom. The molecule has 1 aliphatic carbocycles. The zero-order valence-electron chi connectivity index (χ0n) is 6.24. The Kier molecular flexibility index (Phi) is 3.41. The van der Waals surface area contributed by atoms with Gasteiger partial charge >= 0.3 is 75.9 Å². The first-order chi connectivity index (χ1) is 4.65. The number of hydrogen-bond acceptors (Lipinski definition) is 0. The molecule has 60 valence electrons. The number of rotatable bonds is 1. The van der Waals surface area contributed by atoms with Crippen LogP contribution in [-0.2, 0) is 0 Å². The summed E-state index contributed by atoms with van der Waals surface area (Å²) < 4.78 is 0.356. The van der Waals surface area contributed by atoms with Gasteiger partial charge in [-0.2, -0.15) is 0 Å². The van der Waals surface area contributed by atoms with Gasteiger partial charge in [-0.1, -0.05) is 0 Å². The molecule has 1 fully saturated rings. The predicted octanol–water partition coefficient (Wildman–Crippen LogP) is 3.68. The summed E-state index contributed by atoms with van der Waals surface area (Å²) in [7, 11) is 12.0. The van der Waals surface area contributed by atoms with Crippen molar-refractivity contribution in [3.8, 4) is 0 Å². The molecule has 0 bridgehead atoms. The van der Waals surface area contributed by atoms with E-state index in [-0.39, 0.29) is 0 Å². The second kappa shape index (κ2) is 3.69. The Hall–Kier alpha value is 1.14. The molecule has 0 aromatic carbocycles. The van der Waals surface area contributed by atoms with E-state index in [1.807, 2.05) is 0 Å². The molecule has 10 heavy (non-hydrogen) atoms. The van der Waals surface area contributed by atoms with Gasteiger partial charge in [0.1, 0.15) is 0 Å². The fraction of sp³-hybridized carbons (Fsp3) is 1.00. The van der Waals surface area contributed by atoms with Crippen molar-refractivity contribution in [2.45, 2.75) is 43.2 Å². The molecule has 0 saturated heterocycles. The van der Waals surface area contributed by atoms with E-state index in [2.05, 4.69) is 6.92 Å². The van der Waals surface area contributed by atoms with Crippen LogP contribution in [0.1, 0.15) is 39.0 Å².